The van der Waals surface area contributed by atoms with Crippen LogP contribution in [0.1, 0.15) is 30.5 Å². The first-order chi connectivity index (χ1) is 19.5. The first-order valence-electron chi connectivity index (χ1n) is 14.0. The number of hydrogen-bond donors (Lipinski definition) is 0. The minimum atomic E-state index is 0.650. The van der Waals surface area contributed by atoms with Crippen molar-refractivity contribution in [3.05, 3.63) is 119 Å². The van der Waals surface area contributed by atoms with E-state index in [4.69, 9.17) is 4.98 Å². The normalized spacial score (nSPS) is 11.8. The van der Waals surface area contributed by atoms with Gasteiger partial charge in [-0.2, -0.15) is 0 Å². The second kappa shape index (κ2) is 9.76. The van der Waals surface area contributed by atoms with Gasteiger partial charge in [-0.3, -0.25) is 4.57 Å². The monoisotopic (exact) mass is 536 g/mol. The molecule has 0 fully saturated rings. The Kier molecular flexibility index (Phi) is 6.05. The summed E-state index contributed by atoms with van der Waals surface area (Å²) in [6, 6.07) is 35.4. The Morgan fingerprint density at radius 2 is 1.52 bits per heavy atom. The summed E-state index contributed by atoms with van der Waals surface area (Å²) in [5, 5.41) is 6.14. The van der Waals surface area contributed by atoms with Gasteiger partial charge < -0.3 is 0 Å². The van der Waals surface area contributed by atoms with E-state index in [0.29, 0.717) is 5.92 Å². The first kappa shape index (κ1) is 24.8. The van der Waals surface area contributed by atoms with Crippen LogP contribution in [0.5, 0.6) is 0 Å². The molecular weight excluding hydrogens is 504 g/mol. The Hall–Kier alpha value is -4.21. The van der Waals surface area contributed by atoms with E-state index >= 15 is 0 Å². The fourth-order valence-corrected chi connectivity index (χ4v) is 7.16. The smallest absolute Gasteiger partial charge is 0.147 e. The van der Waals surface area contributed by atoms with Crippen molar-refractivity contribution in [2.45, 2.75) is 34.1 Å². The molecule has 0 spiro atoms. The molecule has 7 aromatic rings. The third-order valence-corrected chi connectivity index (χ3v) is 8.83. The van der Waals surface area contributed by atoms with E-state index in [0.717, 1.165) is 29.0 Å². The van der Waals surface area contributed by atoms with Crippen molar-refractivity contribution in [3.63, 3.8) is 0 Å². The molecule has 0 atom stereocenters. The molecule has 2 aromatic heterocycles. The van der Waals surface area contributed by atoms with E-state index in [-0.39, 0.29) is 0 Å². The number of benzene rings is 5. The Morgan fingerprint density at radius 1 is 0.775 bits per heavy atom. The Bertz CT molecular complexity index is 2000. The van der Waals surface area contributed by atoms with E-state index < -0.39 is 0 Å². The summed E-state index contributed by atoms with van der Waals surface area (Å²) >= 11 is 1.81. The number of para-hydroxylation sites is 2. The summed E-state index contributed by atoms with van der Waals surface area (Å²) < 4.78 is 3.65. The Balaban J connectivity index is 1.42. The fourth-order valence-electron chi connectivity index (χ4n) is 6.19. The molecule has 0 N–H and O–H groups in total. The molecule has 0 amide bonds. The lowest BCUT2D eigenvalue weighted by molar-refractivity contribution is 0.648. The fraction of sp³-hybridized carbons (Fsp3) is 0.162. The quantitative estimate of drug-likeness (QED) is 0.214. The molecule has 0 aliphatic heterocycles. The molecule has 40 heavy (non-hydrogen) atoms. The molecule has 0 saturated carbocycles. The van der Waals surface area contributed by atoms with Crippen LogP contribution in [0.25, 0.3) is 60.1 Å². The zero-order valence-electron chi connectivity index (χ0n) is 23.4. The number of aryl methyl sites for hydroxylation is 2. The second-order valence-corrected chi connectivity index (χ2v) is 12.3. The molecule has 2 nitrogen and oxygen atoms in total. The summed E-state index contributed by atoms with van der Waals surface area (Å²) in [6.45, 7) is 9.00. The van der Waals surface area contributed by atoms with E-state index in [1.165, 1.54) is 54.2 Å². The van der Waals surface area contributed by atoms with Gasteiger partial charge in [0.25, 0.3) is 0 Å². The lowest BCUT2D eigenvalue weighted by atomic mass is 9.95. The van der Waals surface area contributed by atoms with Crippen LogP contribution in [-0.4, -0.2) is 9.55 Å². The van der Waals surface area contributed by atoms with Gasteiger partial charge in [0, 0.05) is 26.7 Å². The van der Waals surface area contributed by atoms with Crippen molar-refractivity contribution in [3.8, 4) is 28.2 Å². The van der Waals surface area contributed by atoms with Gasteiger partial charge in [-0.15, -0.1) is 11.3 Å². The maximum atomic E-state index is 5.22. The van der Waals surface area contributed by atoms with Gasteiger partial charge in [-0.1, -0.05) is 74.5 Å². The van der Waals surface area contributed by atoms with Crippen LogP contribution in [-0.2, 0) is 6.42 Å². The van der Waals surface area contributed by atoms with E-state index in [1.807, 2.05) is 11.3 Å². The molecule has 0 aliphatic carbocycles. The molecule has 0 bridgehead atoms. The highest BCUT2D eigenvalue weighted by Crippen LogP contribution is 2.40. The molecule has 0 radical (unpaired) electrons. The van der Waals surface area contributed by atoms with Crippen molar-refractivity contribution >= 4 is 43.2 Å². The van der Waals surface area contributed by atoms with E-state index in [1.54, 1.807) is 0 Å². The highest BCUT2D eigenvalue weighted by atomic mass is 32.1. The second-order valence-electron chi connectivity index (χ2n) is 11.4. The third kappa shape index (κ3) is 4.22. The zero-order chi connectivity index (χ0) is 27.4. The van der Waals surface area contributed by atoms with Gasteiger partial charge in [0.2, 0.25) is 0 Å². The van der Waals surface area contributed by atoms with Crippen molar-refractivity contribution in [2.75, 3.05) is 0 Å². The molecule has 0 saturated heterocycles. The maximum absolute atomic E-state index is 5.22. The molecule has 196 valence electrons. The number of nitrogens with zero attached hydrogens (tertiary/aromatic N) is 2. The van der Waals surface area contributed by atoms with Crippen molar-refractivity contribution in [1.29, 1.82) is 0 Å². The minimum Gasteiger partial charge on any atom is -0.292 e. The molecule has 3 heteroatoms. The van der Waals surface area contributed by atoms with Gasteiger partial charge in [0.15, 0.2) is 0 Å². The van der Waals surface area contributed by atoms with Crippen LogP contribution >= 0.6 is 11.3 Å². The number of thiophene rings is 1. The van der Waals surface area contributed by atoms with Crippen LogP contribution in [0, 0.1) is 19.8 Å². The van der Waals surface area contributed by atoms with Gasteiger partial charge >= 0.3 is 0 Å². The van der Waals surface area contributed by atoms with Gasteiger partial charge in [-0.05, 0) is 101 Å². The van der Waals surface area contributed by atoms with E-state index in [9.17, 15) is 0 Å². The number of imidazole rings is 1. The van der Waals surface area contributed by atoms with Crippen molar-refractivity contribution < 1.29 is 0 Å². The van der Waals surface area contributed by atoms with E-state index in [2.05, 4.69) is 135 Å². The summed E-state index contributed by atoms with van der Waals surface area (Å²) in [6.07, 6.45) is 1.11. The molecule has 0 aliphatic rings. The average molecular weight is 537 g/mol. The van der Waals surface area contributed by atoms with Crippen molar-refractivity contribution in [1.82, 2.24) is 9.55 Å². The predicted molar refractivity (Wildman–Crippen MR) is 173 cm³/mol. The lowest BCUT2D eigenvalue weighted by Gasteiger charge is -2.16. The largest absolute Gasteiger partial charge is 0.292 e. The highest BCUT2D eigenvalue weighted by Gasteiger charge is 2.19. The van der Waals surface area contributed by atoms with Crippen LogP contribution in [0.3, 0.4) is 0 Å². The molecule has 5 aromatic carbocycles. The SMILES string of the molecule is Cc1cc(-n2c(-c3csc4cc5cc(CC(C)C)ccc5cc34)nc3ccccc32)cc(C)c1-c1ccccc1. The van der Waals surface area contributed by atoms with Crippen LogP contribution < -0.4 is 0 Å². The van der Waals surface area contributed by atoms with Crippen LogP contribution in [0.2, 0.25) is 0 Å². The molecule has 7 rings (SSSR count). The minimum absolute atomic E-state index is 0.650. The third-order valence-electron chi connectivity index (χ3n) is 7.88. The number of rotatable bonds is 5. The summed E-state index contributed by atoms with van der Waals surface area (Å²) in [4.78, 5) is 5.22. The number of hydrogen-bond acceptors (Lipinski definition) is 2. The highest BCUT2D eigenvalue weighted by molar-refractivity contribution is 7.17. The van der Waals surface area contributed by atoms with Crippen LogP contribution in [0.4, 0.5) is 0 Å². The summed E-state index contributed by atoms with van der Waals surface area (Å²) in [5.41, 5.74) is 11.0. The lowest BCUT2D eigenvalue weighted by Crippen LogP contribution is -2.00. The molecule has 0 unspecified atom stereocenters. The van der Waals surface area contributed by atoms with Gasteiger partial charge in [0.05, 0.1) is 11.0 Å². The number of fused-ring (bicyclic) bond motifs is 3. The van der Waals surface area contributed by atoms with Gasteiger partial charge in [0.1, 0.15) is 5.82 Å². The first-order valence-corrected chi connectivity index (χ1v) is 14.9. The number of aromatic nitrogens is 2. The van der Waals surface area contributed by atoms with Gasteiger partial charge in [-0.25, -0.2) is 4.98 Å². The average Bonchev–Trinajstić information content (AvgIpc) is 3.52. The molecular formula is C37H32N2S. The predicted octanol–water partition coefficient (Wildman–Crippen LogP) is 10.5. The topological polar surface area (TPSA) is 17.8 Å². The maximum Gasteiger partial charge on any atom is 0.147 e. The zero-order valence-corrected chi connectivity index (χ0v) is 24.2. The standard InChI is InChI=1S/C37H32N2S/c1-23(2)16-26-14-15-28-20-31-32(22-40-35(31)21-29(28)19-26)37-38-33-12-8-9-13-34(33)39(37)30-17-24(3)36(25(4)18-30)27-10-6-5-7-11-27/h5-15,17-23H,16H2,1-4H3. The van der Waals surface area contributed by atoms with Crippen molar-refractivity contribution in [2.24, 2.45) is 5.92 Å². The van der Waals surface area contributed by atoms with Crippen LogP contribution in [0.15, 0.2) is 102 Å². The summed E-state index contributed by atoms with van der Waals surface area (Å²) in [5.74, 6) is 1.64. The Morgan fingerprint density at radius 3 is 2.30 bits per heavy atom. The Labute approximate surface area is 239 Å². The molecule has 2 heterocycles. The summed E-state index contributed by atoms with van der Waals surface area (Å²) in [7, 11) is 0.